The number of para-hydroxylation sites is 1. The van der Waals surface area contributed by atoms with E-state index in [1.165, 1.54) is 11.3 Å². The minimum atomic E-state index is -3.43. The van der Waals surface area contributed by atoms with E-state index in [0.29, 0.717) is 36.7 Å². The lowest BCUT2D eigenvalue weighted by molar-refractivity contribution is -0.117. The van der Waals surface area contributed by atoms with E-state index < -0.39 is 10.0 Å². The largest absolute Gasteiger partial charge is 0.325 e. The van der Waals surface area contributed by atoms with Gasteiger partial charge in [0.25, 0.3) is 0 Å². The molecule has 1 aliphatic rings. The van der Waals surface area contributed by atoms with E-state index in [0.717, 1.165) is 17.7 Å². The van der Waals surface area contributed by atoms with Crippen molar-refractivity contribution in [1.82, 2.24) is 9.62 Å². The van der Waals surface area contributed by atoms with Crippen molar-refractivity contribution in [2.24, 2.45) is 0 Å². The van der Waals surface area contributed by atoms with Crippen LogP contribution >= 0.6 is 11.3 Å². The molecule has 8 heteroatoms. The first kappa shape index (κ1) is 20.0. The summed E-state index contributed by atoms with van der Waals surface area (Å²) in [6, 6.07) is 11.1. The van der Waals surface area contributed by atoms with Crippen molar-refractivity contribution >= 4 is 33.0 Å². The van der Waals surface area contributed by atoms with Gasteiger partial charge in [-0.1, -0.05) is 31.2 Å². The van der Waals surface area contributed by atoms with Gasteiger partial charge in [-0.3, -0.25) is 9.69 Å². The minimum Gasteiger partial charge on any atom is -0.325 e. The highest BCUT2D eigenvalue weighted by Gasteiger charge is 2.26. The molecule has 0 radical (unpaired) electrons. The average molecular weight is 408 g/mol. The molecule has 1 saturated heterocycles. The van der Waals surface area contributed by atoms with Crippen LogP contribution in [0.4, 0.5) is 5.69 Å². The Kier molecular flexibility index (Phi) is 6.64. The van der Waals surface area contributed by atoms with Crippen molar-refractivity contribution in [2.75, 3.05) is 25.0 Å². The number of sulfonamides is 1. The summed E-state index contributed by atoms with van der Waals surface area (Å²) in [5, 5.41) is 4.74. The summed E-state index contributed by atoms with van der Waals surface area (Å²) in [6.45, 7) is 3.77. The van der Waals surface area contributed by atoms with Gasteiger partial charge in [0.15, 0.2) is 0 Å². The van der Waals surface area contributed by atoms with Crippen LogP contribution in [0.2, 0.25) is 0 Å². The Bertz CT molecular complexity index is 858. The Balaban J connectivity index is 1.47. The number of carbonyl (C=O) groups excluding carboxylic acids is 1. The zero-order chi connectivity index (χ0) is 19.3. The van der Waals surface area contributed by atoms with Crippen LogP contribution in [0.5, 0.6) is 0 Å². The van der Waals surface area contributed by atoms with Crippen molar-refractivity contribution < 1.29 is 13.2 Å². The summed E-state index contributed by atoms with van der Waals surface area (Å²) in [4.78, 5) is 14.4. The second-order valence-electron chi connectivity index (χ2n) is 6.66. The topological polar surface area (TPSA) is 78.5 Å². The molecular weight excluding hydrogens is 382 g/mol. The fourth-order valence-corrected chi connectivity index (χ4v) is 5.56. The van der Waals surface area contributed by atoms with Gasteiger partial charge in [-0.2, -0.15) is 0 Å². The number of amides is 1. The molecule has 0 unspecified atom stereocenters. The molecule has 2 aromatic rings. The van der Waals surface area contributed by atoms with Crippen LogP contribution in [0.3, 0.4) is 0 Å². The Morgan fingerprint density at radius 1 is 1.19 bits per heavy atom. The summed E-state index contributed by atoms with van der Waals surface area (Å²) in [5.41, 5.74) is 1.98. The van der Waals surface area contributed by atoms with E-state index in [2.05, 4.69) is 21.9 Å². The van der Waals surface area contributed by atoms with Gasteiger partial charge in [0.2, 0.25) is 15.9 Å². The van der Waals surface area contributed by atoms with Gasteiger partial charge in [0.05, 0.1) is 6.54 Å². The maximum atomic E-state index is 12.4. The molecule has 2 N–H and O–H groups in total. The van der Waals surface area contributed by atoms with Gasteiger partial charge >= 0.3 is 0 Å². The molecule has 1 aromatic carbocycles. The molecule has 1 aromatic heterocycles. The summed E-state index contributed by atoms with van der Waals surface area (Å²) >= 11 is 1.22. The second kappa shape index (κ2) is 8.97. The monoisotopic (exact) mass is 407 g/mol. The smallest absolute Gasteiger partial charge is 0.250 e. The molecule has 0 saturated carbocycles. The molecule has 2 heterocycles. The van der Waals surface area contributed by atoms with Crippen LogP contribution < -0.4 is 10.0 Å². The molecule has 0 atom stereocenters. The van der Waals surface area contributed by atoms with Crippen LogP contribution in [0.1, 0.15) is 25.3 Å². The molecule has 1 fully saturated rings. The van der Waals surface area contributed by atoms with E-state index in [4.69, 9.17) is 0 Å². The summed E-state index contributed by atoms with van der Waals surface area (Å²) in [6.07, 6.45) is 2.26. The highest BCUT2D eigenvalue weighted by Crippen LogP contribution is 2.19. The molecule has 3 rings (SSSR count). The van der Waals surface area contributed by atoms with Crippen molar-refractivity contribution in [1.29, 1.82) is 0 Å². The van der Waals surface area contributed by atoms with Crippen LogP contribution in [-0.4, -0.2) is 44.9 Å². The summed E-state index contributed by atoms with van der Waals surface area (Å²) in [5.74, 6) is -0.0338. The lowest BCUT2D eigenvalue weighted by Crippen LogP contribution is -2.46. The van der Waals surface area contributed by atoms with Gasteiger partial charge < -0.3 is 5.32 Å². The number of benzene rings is 1. The van der Waals surface area contributed by atoms with Gasteiger partial charge in [0, 0.05) is 24.8 Å². The average Bonchev–Trinajstić information content (AvgIpc) is 3.19. The lowest BCUT2D eigenvalue weighted by atomic mass is 10.1. The normalized spacial score (nSPS) is 16.3. The standard InChI is InChI=1S/C19H25N3O3S2/c1-2-15-6-3-4-7-17(15)20-18(23)14-22-11-9-16(10-12-22)21-27(24,25)19-8-5-13-26-19/h3-8,13,16,21H,2,9-12,14H2,1H3,(H,20,23). The number of aryl methyl sites for hydroxylation is 1. The molecule has 1 aliphatic heterocycles. The molecule has 6 nitrogen and oxygen atoms in total. The number of carbonyl (C=O) groups is 1. The Morgan fingerprint density at radius 2 is 1.93 bits per heavy atom. The zero-order valence-electron chi connectivity index (χ0n) is 15.3. The van der Waals surface area contributed by atoms with Crippen LogP contribution in [0, 0.1) is 0 Å². The van der Waals surface area contributed by atoms with E-state index >= 15 is 0 Å². The fraction of sp³-hybridized carbons (Fsp3) is 0.421. The first-order valence-electron chi connectivity index (χ1n) is 9.14. The fourth-order valence-electron chi connectivity index (χ4n) is 3.25. The first-order valence-corrected chi connectivity index (χ1v) is 11.5. The number of nitrogens with one attached hydrogen (secondary N) is 2. The highest BCUT2D eigenvalue weighted by molar-refractivity contribution is 7.91. The number of anilines is 1. The number of nitrogens with zero attached hydrogens (tertiary/aromatic N) is 1. The van der Waals surface area contributed by atoms with E-state index in [9.17, 15) is 13.2 Å². The molecule has 0 spiro atoms. The number of hydrogen-bond donors (Lipinski definition) is 2. The predicted octanol–water partition coefficient (Wildman–Crippen LogP) is 2.69. The van der Waals surface area contributed by atoms with E-state index in [-0.39, 0.29) is 11.9 Å². The number of rotatable bonds is 7. The van der Waals surface area contributed by atoms with Gasteiger partial charge in [-0.05, 0) is 42.3 Å². The third kappa shape index (κ3) is 5.38. The highest BCUT2D eigenvalue weighted by atomic mass is 32.2. The molecular formula is C19H25N3O3S2. The lowest BCUT2D eigenvalue weighted by Gasteiger charge is -2.31. The molecule has 0 bridgehead atoms. The van der Waals surface area contributed by atoms with Crippen molar-refractivity contribution in [2.45, 2.75) is 36.4 Å². The van der Waals surface area contributed by atoms with E-state index in [1.54, 1.807) is 17.5 Å². The van der Waals surface area contributed by atoms with E-state index in [1.807, 2.05) is 24.3 Å². The quantitative estimate of drug-likeness (QED) is 0.740. The number of hydrogen-bond acceptors (Lipinski definition) is 5. The molecule has 0 aliphatic carbocycles. The molecule has 146 valence electrons. The molecule has 27 heavy (non-hydrogen) atoms. The Labute approximate surface area is 164 Å². The van der Waals surface area contributed by atoms with Crippen molar-refractivity contribution in [3.63, 3.8) is 0 Å². The number of thiophene rings is 1. The Hall–Kier alpha value is -1.74. The predicted molar refractivity (Wildman–Crippen MR) is 109 cm³/mol. The van der Waals surface area contributed by atoms with Crippen LogP contribution in [-0.2, 0) is 21.2 Å². The summed E-state index contributed by atoms with van der Waals surface area (Å²) < 4.78 is 27.7. The van der Waals surface area contributed by atoms with Crippen LogP contribution in [0.15, 0.2) is 46.0 Å². The van der Waals surface area contributed by atoms with Crippen molar-refractivity contribution in [3.05, 3.63) is 47.3 Å². The van der Waals surface area contributed by atoms with Gasteiger partial charge in [0.1, 0.15) is 4.21 Å². The molecule has 1 amide bonds. The number of likely N-dealkylation sites (tertiary alicyclic amines) is 1. The zero-order valence-corrected chi connectivity index (χ0v) is 17.0. The summed E-state index contributed by atoms with van der Waals surface area (Å²) in [7, 11) is -3.43. The maximum absolute atomic E-state index is 12.4. The third-order valence-electron chi connectivity index (χ3n) is 4.71. The van der Waals surface area contributed by atoms with Gasteiger partial charge in [-0.25, -0.2) is 13.1 Å². The first-order chi connectivity index (χ1) is 13.0. The maximum Gasteiger partial charge on any atom is 0.250 e. The van der Waals surface area contributed by atoms with Crippen LogP contribution in [0.25, 0.3) is 0 Å². The number of piperidine rings is 1. The minimum absolute atomic E-state index is 0.0338. The van der Waals surface area contributed by atoms with Crippen molar-refractivity contribution in [3.8, 4) is 0 Å². The van der Waals surface area contributed by atoms with Gasteiger partial charge in [-0.15, -0.1) is 11.3 Å². The SMILES string of the molecule is CCc1ccccc1NC(=O)CN1CCC(NS(=O)(=O)c2cccs2)CC1. The second-order valence-corrected chi connectivity index (χ2v) is 9.55. The Morgan fingerprint density at radius 3 is 2.59 bits per heavy atom. The third-order valence-corrected chi connectivity index (χ3v) is 7.63.